The predicted octanol–water partition coefficient (Wildman–Crippen LogP) is 2.73. The van der Waals surface area contributed by atoms with Crippen molar-refractivity contribution in [3.05, 3.63) is 23.8 Å². The Balaban J connectivity index is 2.11. The first kappa shape index (κ1) is 15.9. The van der Waals surface area contributed by atoms with E-state index in [-0.39, 0.29) is 24.2 Å². The summed E-state index contributed by atoms with van der Waals surface area (Å²) >= 11 is 0. The number of rotatable bonds is 4. The van der Waals surface area contributed by atoms with E-state index in [9.17, 15) is 4.79 Å². The molecule has 1 aliphatic heterocycles. The smallest absolute Gasteiger partial charge is 0.217 e. The molecule has 0 aliphatic carbocycles. The maximum atomic E-state index is 11.3. The third-order valence-corrected chi connectivity index (χ3v) is 3.85. The Kier molecular flexibility index (Phi) is 5.28. The molecule has 0 saturated carbocycles. The molecular formula is C16H25N3O2. The van der Waals surface area contributed by atoms with Gasteiger partial charge >= 0.3 is 0 Å². The molecule has 5 heteroatoms. The van der Waals surface area contributed by atoms with Crippen molar-refractivity contribution in [1.29, 1.82) is 0 Å². The summed E-state index contributed by atoms with van der Waals surface area (Å²) in [5.74, 6) is 1.18. The third-order valence-electron chi connectivity index (χ3n) is 3.85. The van der Waals surface area contributed by atoms with E-state index < -0.39 is 0 Å². The number of nitrogens with zero attached hydrogens (tertiary/aromatic N) is 2. The van der Waals surface area contributed by atoms with Gasteiger partial charge in [-0.2, -0.15) is 0 Å². The minimum atomic E-state index is -0.0400. The molecule has 21 heavy (non-hydrogen) atoms. The van der Waals surface area contributed by atoms with Crippen molar-refractivity contribution in [1.82, 2.24) is 15.3 Å². The van der Waals surface area contributed by atoms with E-state index in [1.54, 1.807) is 6.92 Å². The van der Waals surface area contributed by atoms with Crippen molar-refractivity contribution in [2.45, 2.75) is 71.1 Å². The van der Waals surface area contributed by atoms with Crippen molar-refractivity contribution in [3.8, 4) is 0 Å². The molecule has 1 aromatic heterocycles. The monoisotopic (exact) mass is 291 g/mol. The zero-order valence-corrected chi connectivity index (χ0v) is 13.3. The Labute approximate surface area is 126 Å². The van der Waals surface area contributed by atoms with Crippen LogP contribution in [0.3, 0.4) is 0 Å². The number of hydrogen-bond donors (Lipinski definition) is 1. The van der Waals surface area contributed by atoms with E-state index in [0.29, 0.717) is 5.92 Å². The van der Waals surface area contributed by atoms with Gasteiger partial charge in [0.15, 0.2) is 0 Å². The number of ether oxygens (including phenoxy) is 1. The molecule has 0 bridgehead atoms. The average Bonchev–Trinajstić information content (AvgIpc) is 2.46. The van der Waals surface area contributed by atoms with E-state index >= 15 is 0 Å². The molecule has 0 unspecified atom stereocenters. The first-order chi connectivity index (χ1) is 9.99. The number of hydrogen-bond acceptors (Lipinski definition) is 4. The fourth-order valence-corrected chi connectivity index (χ4v) is 2.71. The molecular weight excluding hydrogens is 266 g/mol. The molecule has 5 nitrogen and oxygen atoms in total. The number of carbonyl (C=O) groups is 1. The fourth-order valence-electron chi connectivity index (χ4n) is 2.71. The van der Waals surface area contributed by atoms with Gasteiger partial charge in [0.05, 0.1) is 12.2 Å². The number of amides is 1. The molecule has 1 fully saturated rings. The predicted molar refractivity (Wildman–Crippen MR) is 80.9 cm³/mol. The summed E-state index contributed by atoms with van der Waals surface area (Å²) in [5, 5.41) is 3.02. The maximum absolute atomic E-state index is 11.3. The van der Waals surface area contributed by atoms with E-state index in [4.69, 9.17) is 4.74 Å². The van der Waals surface area contributed by atoms with Gasteiger partial charge in [-0.3, -0.25) is 4.79 Å². The van der Waals surface area contributed by atoms with Crippen LogP contribution in [-0.4, -0.2) is 28.0 Å². The lowest BCUT2D eigenvalue weighted by molar-refractivity contribution is -0.122. The molecule has 0 aromatic carbocycles. The lowest BCUT2D eigenvalue weighted by Gasteiger charge is -2.35. The van der Waals surface area contributed by atoms with Crippen LogP contribution in [0.15, 0.2) is 12.4 Å². The maximum Gasteiger partial charge on any atom is 0.217 e. The summed E-state index contributed by atoms with van der Waals surface area (Å²) in [4.78, 5) is 20.1. The molecule has 1 amide bonds. The third kappa shape index (κ3) is 4.24. The van der Waals surface area contributed by atoms with Crippen molar-refractivity contribution in [2.24, 2.45) is 0 Å². The first-order valence-electron chi connectivity index (χ1n) is 7.74. The van der Waals surface area contributed by atoms with E-state index in [2.05, 4.69) is 36.1 Å². The Morgan fingerprint density at radius 1 is 1.38 bits per heavy atom. The van der Waals surface area contributed by atoms with Crippen molar-refractivity contribution in [2.75, 3.05) is 0 Å². The highest BCUT2D eigenvalue weighted by atomic mass is 16.5. The highest BCUT2D eigenvalue weighted by molar-refractivity contribution is 5.73. The van der Waals surface area contributed by atoms with Gasteiger partial charge in [-0.1, -0.05) is 20.8 Å². The highest BCUT2D eigenvalue weighted by Gasteiger charge is 2.30. The van der Waals surface area contributed by atoms with Crippen LogP contribution in [0, 0.1) is 0 Å². The zero-order chi connectivity index (χ0) is 15.4. The molecule has 1 saturated heterocycles. The summed E-state index contributed by atoms with van der Waals surface area (Å²) in [5.41, 5.74) is 0.993. The van der Waals surface area contributed by atoms with Crippen LogP contribution in [0.4, 0.5) is 0 Å². The molecule has 1 N–H and O–H groups in total. The molecule has 2 heterocycles. The van der Waals surface area contributed by atoms with E-state index in [0.717, 1.165) is 30.7 Å². The van der Waals surface area contributed by atoms with Crippen molar-refractivity contribution < 1.29 is 9.53 Å². The van der Waals surface area contributed by atoms with E-state index in [1.165, 1.54) is 0 Å². The van der Waals surface area contributed by atoms with Gasteiger partial charge in [-0.15, -0.1) is 0 Å². The summed E-state index contributed by atoms with van der Waals surface area (Å²) in [7, 11) is 0. The summed E-state index contributed by atoms with van der Waals surface area (Å²) in [6.45, 7) is 7.82. The summed E-state index contributed by atoms with van der Waals surface area (Å²) < 4.78 is 6.10. The van der Waals surface area contributed by atoms with Crippen LogP contribution in [0.25, 0.3) is 0 Å². The van der Waals surface area contributed by atoms with Crippen LogP contribution < -0.4 is 5.32 Å². The lowest BCUT2D eigenvalue weighted by atomic mass is 9.94. The van der Waals surface area contributed by atoms with Gasteiger partial charge in [0.25, 0.3) is 0 Å². The van der Waals surface area contributed by atoms with Gasteiger partial charge in [0.2, 0.25) is 5.91 Å². The standard InChI is InChI=1S/C16H25N3O2/c1-5-14-6-13(19-11(4)20)7-15(21-14)12-8-17-16(10(2)3)18-9-12/h8-10,13-15H,5-7H2,1-4H3,(H,19,20)/t13-,14+,15+/m1/s1. The van der Waals surface area contributed by atoms with Gasteiger partial charge in [-0.05, 0) is 19.3 Å². The lowest BCUT2D eigenvalue weighted by Crippen LogP contribution is -2.42. The van der Waals surface area contributed by atoms with E-state index in [1.807, 2.05) is 12.4 Å². The molecule has 0 radical (unpaired) electrons. The van der Waals surface area contributed by atoms with Gasteiger partial charge in [0, 0.05) is 36.8 Å². The second-order valence-corrected chi connectivity index (χ2v) is 6.05. The molecule has 2 rings (SSSR count). The van der Waals surface area contributed by atoms with Crippen molar-refractivity contribution >= 4 is 5.91 Å². The largest absolute Gasteiger partial charge is 0.370 e. The fraction of sp³-hybridized carbons (Fsp3) is 0.688. The van der Waals surface area contributed by atoms with Crippen LogP contribution in [0.5, 0.6) is 0 Å². The first-order valence-corrected chi connectivity index (χ1v) is 7.74. The van der Waals surface area contributed by atoms with Crippen molar-refractivity contribution in [3.63, 3.8) is 0 Å². The molecule has 116 valence electrons. The average molecular weight is 291 g/mol. The molecule has 3 atom stereocenters. The minimum absolute atomic E-state index is 0.0157. The quantitative estimate of drug-likeness (QED) is 0.926. The SMILES string of the molecule is CC[C@H]1C[C@@H](NC(C)=O)C[C@@H](c2cnc(C(C)C)nc2)O1. The Morgan fingerprint density at radius 3 is 2.57 bits per heavy atom. The minimum Gasteiger partial charge on any atom is -0.370 e. The number of carbonyl (C=O) groups excluding carboxylic acids is 1. The highest BCUT2D eigenvalue weighted by Crippen LogP contribution is 2.32. The summed E-state index contributed by atoms with van der Waals surface area (Å²) in [6, 6.07) is 0.163. The second kappa shape index (κ2) is 6.98. The molecule has 0 spiro atoms. The topological polar surface area (TPSA) is 64.1 Å². The van der Waals surface area contributed by atoms with Crippen LogP contribution in [-0.2, 0) is 9.53 Å². The van der Waals surface area contributed by atoms with Crippen LogP contribution in [0.1, 0.15) is 70.4 Å². The van der Waals surface area contributed by atoms with Gasteiger partial charge in [-0.25, -0.2) is 9.97 Å². The molecule has 1 aromatic rings. The number of aromatic nitrogens is 2. The summed E-state index contributed by atoms with van der Waals surface area (Å²) in [6.07, 6.45) is 6.44. The Bertz CT molecular complexity index is 473. The number of nitrogens with one attached hydrogen (secondary N) is 1. The zero-order valence-electron chi connectivity index (χ0n) is 13.3. The van der Waals surface area contributed by atoms with Crippen LogP contribution >= 0.6 is 0 Å². The van der Waals surface area contributed by atoms with Gasteiger partial charge < -0.3 is 10.1 Å². The Hall–Kier alpha value is -1.49. The normalized spacial score (nSPS) is 25.9. The Morgan fingerprint density at radius 2 is 2.05 bits per heavy atom. The van der Waals surface area contributed by atoms with Crippen LogP contribution in [0.2, 0.25) is 0 Å². The molecule has 1 aliphatic rings. The van der Waals surface area contributed by atoms with Gasteiger partial charge in [0.1, 0.15) is 5.82 Å². The second-order valence-electron chi connectivity index (χ2n) is 6.05.